The monoisotopic (exact) mass is 256 g/mol. The Bertz CT molecular complexity index is 410. The summed E-state index contributed by atoms with van der Waals surface area (Å²) in [4.78, 5) is 2.00. The molecule has 1 aromatic heterocycles. The quantitative estimate of drug-likeness (QED) is 0.828. The molecule has 0 unspecified atom stereocenters. The van der Waals surface area contributed by atoms with E-state index >= 15 is 0 Å². The van der Waals surface area contributed by atoms with Gasteiger partial charge in [0.05, 0.1) is 18.4 Å². The lowest BCUT2D eigenvalue weighted by Crippen LogP contribution is -2.27. The summed E-state index contributed by atoms with van der Waals surface area (Å²) in [6.07, 6.45) is 0.441. The Hall–Kier alpha value is -1.09. The molecule has 0 saturated heterocycles. The van der Waals surface area contributed by atoms with Crippen molar-refractivity contribution < 1.29 is 5.11 Å². The predicted octanol–water partition coefficient (Wildman–Crippen LogP) is 1.09. The lowest BCUT2D eigenvalue weighted by Gasteiger charge is -2.19. The first kappa shape index (κ1) is 14.0. The molecule has 5 nitrogen and oxygen atoms in total. The van der Waals surface area contributed by atoms with Crippen LogP contribution in [0.4, 0.5) is 0 Å². The molecule has 0 aliphatic carbocycles. The van der Waals surface area contributed by atoms with Crippen molar-refractivity contribution in [2.75, 3.05) is 19.7 Å². The Labute approximate surface area is 106 Å². The fourth-order valence-corrected chi connectivity index (χ4v) is 1.93. The fraction of sp³-hybridized carbons (Fsp3) is 0.636. The van der Waals surface area contributed by atoms with Gasteiger partial charge in [-0.2, -0.15) is 10.4 Å². The van der Waals surface area contributed by atoms with Crippen LogP contribution < -0.4 is 0 Å². The standard InChI is InChI=1S/C11H17ClN4O/c1-9-10(11(12)15(2)14-9)8-16(6-7-17)5-3-4-13/h17H,3,5-8H2,1-2H3. The van der Waals surface area contributed by atoms with Crippen molar-refractivity contribution >= 4 is 11.6 Å². The molecule has 0 spiro atoms. The molecule has 0 radical (unpaired) electrons. The van der Waals surface area contributed by atoms with Gasteiger partial charge in [-0.05, 0) is 6.92 Å². The molecule has 0 aliphatic heterocycles. The van der Waals surface area contributed by atoms with Gasteiger partial charge in [0.25, 0.3) is 0 Å². The molecule has 1 rings (SSSR count). The molecule has 17 heavy (non-hydrogen) atoms. The first-order chi connectivity index (χ1) is 8.10. The number of aliphatic hydroxyl groups excluding tert-OH is 1. The van der Waals surface area contributed by atoms with Crippen molar-refractivity contribution in [2.24, 2.45) is 7.05 Å². The van der Waals surface area contributed by atoms with Crippen molar-refractivity contribution in [1.29, 1.82) is 5.26 Å². The zero-order valence-corrected chi connectivity index (χ0v) is 10.9. The van der Waals surface area contributed by atoms with Crippen LogP contribution in [-0.4, -0.2) is 39.5 Å². The molecule has 0 saturated carbocycles. The average Bonchev–Trinajstić information content (AvgIpc) is 2.53. The Morgan fingerprint density at radius 1 is 1.53 bits per heavy atom. The molecule has 94 valence electrons. The highest BCUT2D eigenvalue weighted by molar-refractivity contribution is 6.30. The molecule has 0 fully saturated rings. The number of aromatic nitrogens is 2. The van der Waals surface area contributed by atoms with Crippen LogP contribution in [-0.2, 0) is 13.6 Å². The number of hydrogen-bond acceptors (Lipinski definition) is 4. The van der Waals surface area contributed by atoms with E-state index in [9.17, 15) is 0 Å². The predicted molar refractivity (Wildman–Crippen MR) is 65.5 cm³/mol. The van der Waals surface area contributed by atoms with Crippen molar-refractivity contribution in [1.82, 2.24) is 14.7 Å². The van der Waals surface area contributed by atoms with Gasteiger partial charge in [-0.15, -0.1) is 0 Å². The largest absolute Gasteiger partial charge is 0.395 e. The van der Waals surface area contributed by atoms with Crippen LogP contribution in [0, 0.1) is 18.3 Å². The molecule has 0 atom stereocenters. The third-order valence-electron chi connectivity index (χ3n) is 2.61. The van der Waals surface area contributed by atoms with Gasteiger partial charge < -0.3 is 5.11 Å². The highest BCUT2D eigenvalue weighted by atomic mass is 35.5. The fourth-order valence-electron chi connectivity index (χ4n) is 1.70. The second kappa shape index (κ2) is 6.60. The maximum absolute atomic E-state index is 8.98. The number of aryl methyl sites for hydroxylation is 2. The lowest BCUT2D eigenvalue weighted by atomic mass is 10.2. The first-order valence-corrected chi connectivity index (χ1v) is 5.86. The van der Waals surface area contributed by atoms with E-state index in [0.717, 1.165) is 11.3 Å². The van der Waals surface area contributed by atoms with Gasteiger partial charge in [-0.3, -0.25) is 9.58 Å². The number of aliphatic hydroxyl groups is 1. The van der Waals surface area contributed by atoms with E-state index in [2.05, 4.69) is 11.2 Å². The van der Waals surface area contributed by atoms with Gasteiger partial charge in [0.15, 0.2) is 0 Å². The van der Waals surface area contributed by atoms with Gasteiger partial charge in [0.2, 0.25) is 0 Å². The maximum Gasteiger partial charge on any atom is 0.131 e. The van der Waals surface area contributed by atoms with E-state index in [1.54, 1.807) is 11.7 Å². The molecule has 1 aromatic rings. The van der Waals surface area contributed by atoms with Crippen molar-refractivity contribution in [2.45, 2.75) is 19.9 Å². The minimum absolute atomic E-state index is 0.0718. The van der Waals surface area contributed by atoms with Crippen molar-refractivity contribution in [3.8, 4) is 6.07 Å². The minimum Gasteiger partial charge on any atom is -0.395 e. The molecule has 1 heterocycles. The van der Waals surface area contributed by atoms with Gasteiger partial charge in [-0.25, -0.2) is 0 Å². The van der Waals surface area contributed by atoms with Crippen LogP contribution in [0.15, 0.2) is 0 Å². The first-order valence-electron chi connectivity index (χ1n) is 5.48. The van der Waals surface area contributed by atoms with E-state index in [4.69, 9.17) is 22.0 Å². The molecule has 0 aliphatic rings. The van der Waals surface area contributed by atoms with Gasteiger partial charge in [-0.1, -0.05) is 11.6 Å². The minimum atomic E-state index is 0.0718. The van der Waals surface area contributed by atoms with Crippen molar-refractivity contribution in [3.05, 3.63) is 16.4 Å². The smallest absolute Gasteiger partial charge is 0.131 e. The average molecular weight is 257 g/mol. The molecular formula is C11H17ClN4O. The zero-order valence-electron chi connectivity index (χ0n) is 10.1. The summed E-state index contributed by atoms with van der Waals surface area (Å²) in [7, 11) is 1.80. The van der Waals surface area contributed by atoms with Crippen molar-refractivity contribution in [3.63, 3.8) is 0 Å². The number of nitriles is 1. The van der Waals surface area contributed by atoms with Crippen LogP contribution in [0.2, 0.25) is 5.15 Å². The Kier molecular flexibility index (Phi) is 5.42. The molecule has 6 heteroatoms. The van der Waals surface area contributed by atoms with E-state index in [1.165, 1.54) is 0 Å². The number of nitrogens with zero attached hydrogens (tertiary/aromatic N) is 4. The maximum atomic E-state index is 8.98. The second-order valence-electron chi connectivity index (χ2n) is 3.89. The van der Waals surface area contributed by atoms with E-state index < -0.39 is 0 Å². The number of hydrogen-bond donors (Lipinski definition) is 1. The second-order valence-corrected chi connectivity index (χ2v) is 4.24. The Morgan fingerprint density at radius 2 is 2.24 bits per heavy atom. The topological polar surface area (TPSA) is 65.1 Å². The zero-order chi connectivity index (χ0) is 12.8. The SMILES string of the molecule is Cc1nn(C)c(Cl)c1CN(CCO)CCC#N. The Morgan fingerprint density at radius 3 is 2.71 bits per heavy atom. The summed E-state index contributed by atoms with van der Waals surface area (Å²) in [6.45, 7) is 3.75. The molecule has 0 amide bonds. The van der Waals surface area contributed by atoms with Crippen LogP contribution in [0.5, 0.6) is 0 Å². The highest BCUT2D eigenvalue weighted by Crippen LogP contribution is 2.20. The summed E-state index contributed by atoms with van der Waals surface area (Å²) >= 11 is 6.14. The third kappa shape index (κ3) is 3.70. The molecule has 0 aromatic carbocycles. The third-order valence-corrected chi connectivity index (χ3v) is 3.08. The Balaban J connectivity index is 2.75. The summed E-state index contributed by atoms with van der Waals surface area (Å²) < 4.78 is 1.63. The van der Waals surface area contributed by atoms with E-state index in [1.807, 2.05) is 11.8 Å². The van der Waals surface area contributed by atoms with Gasteiger partial charge >= 0.3 is 0 Å². The lowest BCUT2D eigenvalue weighted by molar-refractivity contribution is 0.192. The highest BCUT2D eigenvalue weighted by Gasteiger charge is 2.14. The van der Waals surface area contributed by atoms with Crippen LogP contribution in [0.25, 0.3) is 0 Å². The summed E-state index contributed by atoms with van der Waals surface area (Å²) in [5.41, 5.74) is 1.85. The van der Waals surface area contributed by atoms with Gasteiger partial charge in [0, 0.05) is 38.7 Å². The molecule has 1 N–H and O–H groups in total. The number of rotatable bonds is 6. The van der Waals surface area contributed by atoms with E-state index in [0.29, 0.717) is 31.2 Å². The van der Waals surface area contributed by atoms with E-state index in [-0.39, 0.29) is 6.61 Å². The van der Waals surface area contributed by atoms with Crippen LogP contribution >= 0.6 is 11.6 Å². The van der Waals surface area contributed by atoms with Crippen LogP contribution in [0.3, 0.4) is 0 Å². The summed E-state index contributed by atoms with van der Waals surface area (Å²) in [6, 6.07) is 2.10. The normalized spacial score (nSPS) is 10.8. The molecule has 0 bridgehead atoms. The summed E-state index contributed by atoms with van der Waals surface area (Å²) in [5, 5.41) is 22.4. The molecular weight excluding hydrogens is 240 g/mol. The summed E-state index contributed by atoms with van der Waals surface area (Å²) in [5.74, 6) is 0. The van der Waals surface area contributed by atoms with Gasteiger partial charge in [0.1, 0.15) is 5.15 Å². The van der Waals surface area contributed by atoms with Crippen LogP contribution in [0.1, 0.15) is 17.7 Å². The number of halogens is 1.